The number of halogens is 1. The third-order valence-corrected chi connectivity index (χ3v) is 2.92. The Hall–Kier alpha value is -1.75. The highest BCUT2D eigenvalue weighted by atomic mass is 35.5. The highest BCUT2D eigenvalue weighted by molar-refractivity contribution is 6.32. The molecule has 5 nitrogen and oxygen atoms in total. The SMILES string of the molecule is COc1nc2cc(Cl)c(C)c(N)c2nc1OC. The van der Waals surface area contributed by atoms with E-state index >= 15 is 0 Å². The molecule has 2 N–H and O–H groups in total. The van der Waals surface area contributed by atoms with Gasteiger partial charge in [0.25, 0.3) is 11.8 Å². The fraction of sp³-hybridized carbons (Fsp3) is 0.273. The van der Waals surface area contributed by atoms with Gasteiger partial charge in [-0.15, -0.1) is 0 Å². The molecular formula is C11H12ClN3O2. The van der Waals surface area contributed by atoms with Crippen LogP contribution in [0.25, 0.3) is 11.0 Å². The van der Waals surface area contributed by atoms with Crippen LogP contribution in [-0.4, -0.2) is 24.2 Å². The second-order valence-electron chi connectivity index (χ2n) is 3.51. The van der Waals surface area contributed by atoms with Gasteiger partial charge in [-0.05, 0) is 18.6 Å². The van der Waals surface area contributed by atoms with Crippen LogP contribution in [-0.2, 0) is 0 Å². The summed E-state index contributed by atoms with van der Waals surface area (Å²) in [5.74, 6) is 0.604. The first kappa shape index (κ1) is 11.7. The molecule has 0 aliphatic heterocycles. The number of benzene rings is 1. The summed E-state index contributed by atoms with van der Waals surface area (Å²) in [6, 6.07) is 1.71. The molecule has 0 fully saturated rings. The summed E-state index contributed by atoms with van der Waals surface area (Å²) in [5, 5.41) is 0.552. The molecule has 6 heteroatoms. The Morgan fingerprint density at radius 1 is 1.18 bits per heavy atom. The number of rotatable bonds is 2. The second-order valence-corrected chi connectivity index (χ2v) is 3.91. The fourth-order valence-corrected chi connectivity index (χ4v) is 1.72. The predicted molar refractivity (Wildman–Crippen MR) is 66.8 cm³/mol. The smallest absolute Gasteiger partial charge is 0.278 e. The molecular weight excluding hydrogens is 242 g/mol. The summed E-state index contributed by atoms with van der Waals surface area (Å²) in [7, 11) is 2.99. The topological polar surface area (TPSA) is 70.3 Å². The molecule has 0 bridgehead atoms. The van der Waals surface area contributed by atoms with Crippen molar-refractivity contribution in [3.63, 3.8) is 0 Å². The normalized spacial score (nSPS) is 10.6. The lowest BCUT2D eigenvalue weighted by molar-refractivity contribution is 0.334. The summed E-state index contributed by atoms with van der Waals surface area (Å²) in [6.07, 6.45) is 0. The summed E-state index contributed by atoms with van der Waals surface area (Å²) in [4.78, 5) is 8.53. The average molecular weight is 254 g/mol. The van der Waals surface area contributed by atoms with Crippen LogP contribution >= 0.6 is 11.6 Å². The van der Waals surface area contributed by atoms with Crippen molar-refractivity contribution < 1.29 is 9.47 Å². The molecule has 0 amide bonds. The van der Waals surface area contributed by atoms with Crippen LogP contribution in [0, 0.1) is 6.92 Å². The molecule has 0 spiro atoms. The quantitative estimate of drug-likeness (QED) is 0.831. The van der Waals surface area contributed by atoms with Gasteiger partial charge in [-0.1, -0.05) is 11.6 Å². The van der Waals surface area contributed by atoms with Crippen molar-refractivity contribution in [1.29, 1.82) is 0 Å². The lowest BCUT2D eigenvalue weighted by Gasteiger charge is -2.10. The summed E-state index contributed by atoms with van der Waals surface area (Å²) < 4.78 is 10.2. The number of fused-ring (bicyclic) bond motifs is 1. The number of hydrogen-bond donors (Lipinski definition) is 1. The second kappa shape index (κ2) is 4.25. The van der Waals surface area contributed by atoms with Gasteiger partial charge in [0.05, 0.1) is 25.4 Å². The van der Waals surface area contributed by atoms with E-state index in [2.05, 4.69) is 9.97 Å². The average Bonchev–Trinajstić information content (AvgIpc) is 2.34. The van der Waals surface area contributed by atoms with Crippen molar-refractivity contribution >= 4 is 28.3 Å². The van der Waals surface area contributed by atoms with Gasteiger partial charge in [0.1, 0.15) is 5.52 Å². The van der Waals surface area contributed by atoms with Gasteiger partial charge in [-0.3, -0.25) is 0 Å². The van der Waals surface area contributed by atoms with Crippen LogP contribution in [0.15, 0.2) is 6.07 Å². The monoisotopic (exact) mass is 253 g/mol. The standard InChI is InChI=1S/C11H12ClN3O2/c1-5-6(12)4-7-9(8(5)13)15-11(17-3)10(14-7)16-2/h4H,13H2,1-3H3. The number of aromatic nitrogens is 2. The Morgan fingerprint density at radius 3 is 2.35 bits per heavy atom. The fourth-order valence-electron chi connectivity index (χ4n) is 1.52. The molecule has 0 radical (unpaired) electrons. The lowest BCUT2D eigenvalue weighted by atomic mass is 10.1. The Labute approximate surface area is 104 Å². The Kier molecular flexibility index (Phi) is 2.93. The van der Waals surface area contributed by atoms with Gasteiger partial charge in [-0.2, -0.15) is 0 Å². The first-order valence-corrected chi connectivity index (χ1v) is 5.30. The van der Waals surface area contributed by atoms with E-state index in [-0.39, 0.29) is 0 Å². The van der Waals surface area contributed by atoms with Crippen LogP contribution < -0.4 is 15.2 Å². The zero-order valence-electron chi connectivity index (χ0n) is 9.74. The van der Waals surface area contributed by atoms with Gasteiger partial charge in [0.15, 0.2) is 0 Å². The van der Waals surface area contributed by atoms with E-state index in [0.29, 0.717) is 33.5 Å². The Balaban J connectivity index is 2.83. The van der Waals surface area contributed by atoms with E-state index in [1.54, 1.807) is 6.07 Å². The maximum absolute atomic E-state index is 6.04. The minimum Gasteiger partial charge on any atom is -0.477 e. The van der Waals surface area contributed by atoms with E-state index in [4.69, 9.17) is 26.8 Å². The minimum absolute atomic E-state index is 0.299. The van der Waals surface area contributed by atoms with Gasteiger partial charge < -0.3 is 15.2 Å². The van der Waals surface area contributed by atoms with Crippen LogP contribution in [0.3, 0.4) is 0 Å². The highest BCUT2D eigenvalue weighted by Gasteiger charge is 2.14. The number of anilines is 1. The number of ether oxygens (including phenoxy) is 2. The third kappa shape index (κ3) is 1.82. The highest BCUT2D eigenvalue weighted by Crippen LogP contribution is 2.32. The number of nitrogens with two attached hydrogens (primary N) is 1. The van der Waals surface area contributed by atoms with Gasteiger partial charge in [-0.25, -0.2) is 9.97 Å². The van der Waals surface area contributed by atoms with E-state index in [9.17, 15) is 0 Å². The number of nitrogens with zero attached hydrogens (tertiary/aromatic N) is 2. The molecule has 0 aliphatic carbocycles. The first-order valence-electron chi connectivity index (χ1n) is 4.92. The maximum atomic E-state index is 6.04. The molecule has 2 aromatic rings. The van der Waals surface area contributed by atoms with Crippen LogP contribution in [0.2, 0.25) is 5.02 Å². The Morgan fingerprint density at radius 2 is 1.76 bits per heavy atom. The van der Waals surface area contributed by atoms with Crippen LogP contribution in [0.1, 0.15) is 5.56 Å². The van der Waals surface area contributed by atoms with E-state index in [1.807, 2.05) is 6.92 Å². The molecule has 0 atom stereocenters. The molecule has 0 saturated carbocycles. The number of methoxy groups -OCH3 is 2. The number of hydrogen-bond acceptors (Lipinski definition) is 5. The van der Waals surface area contributed by atoms with Crippen molar-refractivity contribution in [1.82, 2.24) is 9.97 Å². The van der Waals surface area contributed by atoms with Crippen LogP contribution in [0.4, 0.5) is 5.69 Å². The van der Waals surface area contributed by atoms with Crippen LogP contribution in [0.5, 0.6) is 11.8 Å². The number of nitrogen functional groups attached to an aromatic ring is 1. The maximum Gasteiger partial charge on any atom is 0.278 e. The van der Waals surface area contributed by atoms with Gasteiger partial charge in [0, 0.05) is 5.02 Å². The van der Waals surface area contributed by atoms with Crippen molar-refractivity contribution in [2.45, 2.75) is 6.92 Å². The molecule has 0 saturated heterocycles. The summed E-state index contributed by atoms with van der Waals surface area (Å²) >= 11 is 6.04. The van der Waals surface area contributed by atoms with E-state index in [1.165, 1.54) is 14.2 Å². The molecule has 1 aromatic carbocycles. The van der Waals surface area contributed by atoms with Crippen molar-refractivity contribution in [3.05, 3.63) is 16.7 Å². The van der Waals surface area contributed by atoms with E-state index in [0.717, 1.165) is 5.56 Å². The molecule has 2 rings (SSSR count). The van der Waals surface area contributed by atoms with Crippen molar-refractivity contribution in [3.8, 4) is 11.8 Å². The van der Waals surface area contributed by atoms with Gasteiger partial charge >= 0.3 is 0 Å². The molecule has 17 heavy (non-hydrogen) atoms. The minimum atomic E-state index is 0.299. The predicted octanol–water partition coefficient (Wildman–Crippen LogP) is 2.19. The Bertz CT molecular complexity index is 587. The zero-order chi connectivity index (χ0) is 12.6. The van der Waals surface area contributed by atoms with Crippen molar-refractivity contribution in [2.75, 3.05) is 20.0 Å². The zero-order valence-corrected chi connectivity index (χ0v) is 10.5. The molecule has 90 valence electrons. The van der Waals surface area contributed by atoms with Gasteiger partial charge in [0.2, 0.25) is 0 Å². The summed E-state index contributed by atoms with van der Waals surface area (Å²) in [5.41, 5.74) is 8.37. The van der Waals surface area contributed by atoms with E-state index < -0.39 is 0 Å². The largest absolute Gasteiger partial charge is 0.477 e. The first-order chi connectivity index (χ1) is 8.08. The molecule has 0 aliphatic rings. The van der Waals surface area contributed by atoms with Crippen molar-refractivity contribution in [2.24, 2.45) is 0 Å². The lowest BCUT2D eigenvalue weighted by Crippen LogP contribution is -2.01. The molecule has 1 aromatic heterocycles. The summed E-state index contributed by atoms with van der Waals surface area (Å²) in [6.45, 7) is 1.83. The molecule has 0 unspecified atom stereocenters. The third-order valence-electron chi connectivity index (χ3n) is 2.53. The molecule has 1 heterocycles.